The average molecular weight is 261 g/mol. The van der Waals surface area contributed by atoms with Gasteiger partial charge >= 0.3 is 0 Å². The van der Waals surface area contributed by atoms with Crippen LogP contribution in [0, 0.1) is 5.82 Å². The zero-order chi connectivity index (χ0) is 13.8. The highest BCUT2D eigenvalue weighted by Gasteiger charge is 2.10. The lowest BCUT2D eigenvalue weighted by Gasteiger charge is -2.07. The van der Waals surface area contributed by atoms with E-state index in [-0.39, 0.29) is 11.3 Å². The van der Waals surface area contributed by atoms with Gasteiger partial charge in [0, 0.05) is 5.56 Å². The van der Waals surface area contributed by atoms with Crippen LogP contribution < -0.4 is 15.8 Å². The number of ether oxygens (including phenoxy) is 1. The maximum atomic E-state index is 13.5. The Balaban J connectivity index is 2.16. The average Bonchev–Trinajstić information content (AvgIpc) is 2.41. The van der Waals surface area contributed by atoms with E-state index < -0.39 is 11.7 Å². The first-order chi connectivity index (χ1) is 9.10. The lowest BCUT2D eigenvalue weighted by Crippen LogP contribution is -2.12. The van der Waals surface area contributed by atoms with E-state index in [1.54, 1.807) is 12.1 Å². The second-order valence-corrected chi connectivity index (χ2v) is 3.78. The lowest BCUT2D eigenvalue weighted by molar-refractivity contribution is 0.102. The highest BCUT2D eigenvalue weighted by Crippen LogP contribution is 2.18. The molecule has 0 saturated heterocycles. The summed E-state index contributed by atoms with van der Waals surface area (Å²) in [6.45, 7) is 0. The number of nitrogens with one attached hydrogen (secondary N) is 1. The molecule has 0 radical (unpaired) electrons. The number of hydrogen-bond donors (Lipinski definition) is 2. The van der Waals surface area contributed by atoms with Gasteiger partial charge in [-0.15, -0.1) is 0 Å². The van der Waals surface area contributed by atoms with Gasteiger partial charge in [-0.05, 0) is 30.3 Å². The van der Waals surface area contributed by atoms with Crippen molar-refractivity contribution in [1.29, 1.82) is 0 Å². The Morgan fingerprint density at radius 3 is 2.74 bits per heavy atom. The van der Waals surface area contributed by atoms with Crippen LogP contribution in [0.25, 0.3) is 0 Å². The summed E-state index contributed by atoms with van der Waals surface area (Å²) in [4.78, 5) is 15.7. The number of carbonyl (C=O) groups is 1. The smallest absolute Gasteiger partial charge is 0.255 e. The van der Waals surface area contributed by atoms with E-state index in [1.165, 1.54) is 25.4 Å². The quantitative estimate of drug-likeness (QED) is 0.886. The Labute approximate surface area is 109 Å². The van der Waals surface area contributed by atoms with E-state index in [4.69, 9.17) is 10.5 Å². The van der Waals surface area contributed by atoms with Crippen molar-refractivity contribution in [3.63, 3.8) is 0 Å². The maximum Gasteiger partial charge on any atom is 0.255 e. The van der Waals surface area contributed by atoms with E-state index >= 15 is 0 Å². The molecular weight excluding hydrogens is 249 g/mol. The van der Waals surface area contributed by atoms with Crippen LogP contribution in [0.4, 0.5) is 15.9 Å². The molecule has 5 nitrogen and oxygen atoms in total. The second-order valence-electron chi connectivity index (χ2n) is 3.78. The number of nitrogen functional groups attached to an aromatic ring is 1. The van der Waals surface area contributed by atoms with Crippen molar-refractivity contribution in [2.75, 3.05) is 18.2 Å². The highest BCUT2D eigenvalue weighted by molar-refractivity contribution is 6.04. The van der Waals surface area contributed by atoms with Crippen molar-refractivity contribution in [2.24, 2.45) is 0 Å². The van der Waals surface area contributed by atoms with Crippen LogP contribution in [0.3, 0.4) is 0 Å². The number of carbonyl (C=O) groups excluding carboxylic acids is 1. The molecule has 3 N–H and O–H groups in total. The van der Waals surface area contributed by atoms with E-state index in [1.807, 2.05) is 0 Å². The molecule has 6 heteroatoms. The fourth-order valence-corrected chi connectivity index (χ4v) is 1.49. The molecule has 0 fully saturated rings. The number of nitrogens with two attached hydrogens (primary N) is 1. The maximum absolute atomic E-state index is 13.5. The molecule has 1 aromatic heterocycles. The van der Waals surface area contributed by atoms with Gasteiger partial charge in [0.1, 0.15) is 5.82 Å². The molecule has 98 valence electrons. The number of methoxy groups -OCH3 is 1. The number of benzene rings is 1. The summed E-state index contributed by atoms with van der Waals surface area (Å²) < 4.78 is 18.2. The van der Waals surface area contributed by atoms with Crippen LogP contribution in [-0.4, -0.2) is 18.0 Å². The first-order valence-electron chi connectivity index (χ1n) is 5.46. The normalized spacial score (nSPS) is 10.0. The minimum absolute atomic E-state index is 0.0886. The third-order valence-corrected chi connectivity index (χ3v) is 2.46. The van der Waals surface area contributed by atoms with Gasteiger partial charge in [0.05, 0.1) is 19.0 Å². The van der Waals surface area contributed by atoms with Gasteiger partial charge in [0.2, 0.25) is 0 Å². The monoisotopic (exact) mass is 261 g/mol. The number of hydrogen-bond acceptors (Lipinski definition) is 4. The van der Waals surface area contributed by atoms with Crippen molar-refractivity contribution in [2.45, 2.75) is 0 Å². The van der Waals surface area contributed by atoms with Gasteiger partial charge in [0.15, 0.2) is 11.6 Å². The second kappa shape index (κ2) is 5.34. The van der Waals surface area contributed by atoms with E-state index in [0.29, 0.717) is 11.5 Å². The zero-order valence-corrected chi connectivity index (χ0v) is 10.2. The summed E-state index contributed by atoms with van der Waals surface area (Å²) in [6, 6.07) is 7.15. The van der Waals surface area contributed by atoms with Gasteiger partial charge in [-0.25, -0.2) is 9.37 Å². The van der Waals surface area contributed by atoms with Crippen LogP contribution >= 0.6 is 0 Å². The SMILES string of the molecule is COc1ccc(C(=O)Nc2ccc(N)nc2)cc1F. The summed E-state index contributed by atoms with van der Waals surface area (Å²) in [5.41, 5.74) is 6.10. The molecule has 0 saturated carbocycles. The number of nitrogens with zero attached hydrogens (tertiary/aromatic N) is 1. The third-order valence-electron chi connectivity index (χ3n) is 2.46. The molecule has 0 aliphatic rings. The number of amides is 1. The molecule has 0 atom stereocenters. The number of halogens is 1. The number of anilines is 2. The minimum atomic E-state index is -0.592. The summed E-state index contributed by atoms with van der Waals surface area (Å²) in [5.74, 6) is -0.585. The topological polar surface area (TPSA) is 77.2 Å². The molecule has 1 amide bonds. The number of aromatic nitrogens is 1. The molecular formula is C13H12FN3O2. The Morgan fingerprint density at radius 1 is 1.37 bits per heavy atom. The van der Waals surface area contributed by atoms with E-state index in [9.17, 15) is 9.18 Å². The molecule has 2 aromatic rings. The molecule has 2 rings (SSSR count). The summed E-state index contributed by atoms with van der Waals surface area (Å²) in [7, 11) is 1.36. The molecule has 1 heterocycles. The first kappa shape index (κ1) is 12.8. The summed E-state index contributed by atoms with van der Waals surface area (Å²) in [5, 5.41) is 2.59. The minimum Gasteiger partial charge on any atom is -0.494 e. The van der Waals surface area contributed by atoms with Crippen molar-refractivity contribution in [3.8, 4) is 5.75 Å². The summed E-state index contributed by atoms with van der Waals surface area (Å²) >= 11 is 0. The molecule has 19 heavy (non-hydrogen) atoms. The van der Waals surface area contributed by atoms with Crippen LogP contribution in [-0.2, 0) is 0 Å². The van der Waals surface area contributed by atoms with Gasteiger partial charge in [-0.3, -0.25) is 4.79 Å². The van der Waals surface area contributed by atoms with E-state index in [2.05, 4.69) is 10.3 Å². The van der Waals surface area contributed by atoms with Crippen molar-refractivity contribution < 1.29 is 13.9 Å². The largest absolute Gasteiger partial charge is 0.494 e. The van der Waals surface area contributed by atoms with Gasteiger partial charge < -0.3 is 15.8 Å². The Hall–Kier alpha value is -2.63. The number of rotatable bonds is 3. The fraction of sp³-hybridized carbons (Fsp3) is 0.0769. The third kappa shape index (κ3) is 2.98. The van der Waals surface area contributed by atoms with Crippen LogP contribution in [0.15, 0.2) is 36.5 Å². The highest BCUT2D eigenvalue weighted by atomic mass is 19.1. The summed E-state index contributed by atoms with van der Waals surface area (Å²) in [6.07, 6.45) is 1.42. The molecule has 0 spiro atoms. The first-order valence-corrected chi connectivity index (χ1v) is 5.46. The molecule has 0 unspecified atom stereocenters. The van der Waals surface area contributed by atoms with Crippen LogP contribution in [0.1, 0.15) is 10.4 Å². The van der Waals surface area contributed by atoms with Gasteiger partial charge in [-0.1, -0.05) is 0 Å². The van der Waals surface area contributed by atoms with Crippen molar-refractivity contribution in [3.05, 3.63) is 47.9 Å². The molecule has 0 aliphatic heterocycles. The van der Waals surface area contributed by atoms with Gasteiger partial charge in [-0.2, -0.15) is 0 Å². The van der Waals surface area contributed by atoms with Crippen molar-refractivity contribution >= 4 is 17.4 Å². The molecule has 0 aliphatic carbocycles. The standard InChI is InChI=1S/C13H12FN3O2/c1-19-11-4-2-8(6-10(11)14)13(18)17-9-3-5-12(15)16-7-9/h2-7H,1H3,(H2,15,16)(H,17,18). The lowest BCUT2D eigenvalue weighted by atomic mass is 10.2. The Kier molecular flexibility index (Phi) is 3.61. The predicted octanol–water partition coefficient (Wildman–Crippen LogP) is 2.06. The van der Waals surface area contributed by atoms with Crippen LogP contribution in [0.2, 0.25) is 0 Å². The Morgan fingerprint density at radius 2 is 2.16 bits per heavy atom. The Bertz CT molecular complexity index is 599. The fourth-order valence-electron chi connectivity index (χ4n) is 1.49. The van der Waals surface area contributed by atoms with Gasteiger partial charge in [0.25, 0.3) is 5.91 Å². The number of pyridine rings is 1. The molecule has 0 bridgehead atoms. The van der Waals surface area contributed by atoms with E-state index in [0.717, 1.165) is 6.07 Å². The van der Waals surface area contributed by atoms with Crippen molar-refractivity contribution in [1.82, 2.24) is 4.98 Å². The van der Waals surface area contributed by atoms with Crippen LogP contribution in [0.5, 0.6) is 5.75 Å². The predicted molar refractivity (Wildman–Crippen MR) is 69.6 cm³/mol. The zero-order valence-electron chi connectivity index (χ0n) is 10.2. The molecule has 1 aromatic carbocycles.